The average Bonchev–Trinajstić information content (AvgIpc) is 2.71. The van der Waals surface area contributed by atoms with Crippen molar-refractivity contribution in [1.29, 1.82) is 0 Å². The number of rotatable bonds is 9. The lowest BCUT2D eigenvalue weighted by atomic mass is 10.1. The fraction of sp³-hybridized carbons (Fsp3) is 0.391. The SMILES string of the molecule is CC[C@H](C(=O)N[C@@H](C)CC)N(Cc1ccccc1)C(=O)Cc1c(Cl)cccc1Cl. The quantitative estimate of drug-likeness (QED) is 0.584. The first-order valence-corrected chi connectivity index (χ1v) is 10.7. The van der Waals surface area contributed by atoms with Crippen molar-refractivity contribution >= 4 is 35.0 Å². The van der Waals surface area contributed by atoms with Gasteiger partial charge in [0.2, 0.25) is 11.8 Å². The van der Waals surface area contributed by atoms with Gasteiger partial charge in [0, 0.05) is 22.6 Å². The first-order chi connectivity index (χ1) is 13.9. The second-order valence-corrected chi connectivity index (χ2v) is 7.94. The summed E-state index contributed by atoms with van der Waals surface area (Å²) in [6, 6.07) is 14.3. The van der Waals surface area contributed by atoms with E-state index in [1.54, 1.807) is 23.1 Å². The van der Waals surface area contributed by atoms with Crippen LogP contribution in [0.3, 0.4) is 0 Å². The van der Waals surface area contributed by atoms with Crippen LogP contribution >= 0.6 is 23.2 Å². The van der Waals surface area contributed by atoms with E-state index in [2.05, 4.69) is 5.32 Å². The maximum Gasteiger partial charge on any atom is 0.243 e. The van der Waals surface area contributed by atoms with Crippen molar-refractivity contribution < 1.29 is 9.59 Å². The van der Waals surface area contributed by atoms with Crippen LogP contribution in [-0.2, 0) is 22.6 Å². The van der Waals surface area contributed by atoms with Gasteiger partial charge in [-0.3, -0.25) is 9.59 Å². The molecule has 0 aromatic heterocycles. The standard InChI is InChI=1S/C23H28Cl2N2O2/c1-4-16(3)26-23(29)21(5-2)27(15-17-10-7-6-8-11-17)22(28)14-18-19(24)12-9-13-20(18)25/h6-13,16,21H,4-5,14-15H2,1-3H3,(H,26,29)/t16-,21+/m0/s1. The fourth-order valence-corrected chi connectivity index (χ4v) is 3.63. The molecule has 29 heavy (non-hydrogen) atoms. The largest absolute Gasteiger partial charge is 0.352 e. The number of hydrogen-bond acceptors (Lipinski definition) is 2. The molecule has 2 rings (SSSR count). The van der Waals surface area contributed by atoms with Crippen LogP contribution in [0.1, 0.15) is 44.7 Å². The van der Waals surface area contributed by atoms with Gasteiger partial charge < -0.3 is 10.2 Å². The molecule has 2 amide bonds. The summed E-state index contributed by atoms with van der Waals surface area (Å²) in [7, 11) is 0. The third kappa shape index (κ3) is 6.48. The lowest BCUT2D eigenvalue weighted by Gasteiger charge is -2.31. The number of carbonyl (C=O) groups is 2. The molecule has 2 aromatic carbocycles. The van der Waals surface area contributed by atoms with Crippen molar-refractivity contribution in [2.45, 2.75) is 58.7 Å². The van der Waals surface area contributed by atoms with Gasteiger partial charge in [-0.25, -0.2) is 0 Å². The van der Waals surface area contributed by atoms with Crippen LogP contribution in [0.15, 0.2) is 48.5 Å². The summed E-state index contributed by atoms with van der Waals surface area (Å²) in [5.41, 5.74) is 1.54. The van der Waals surface area contributed by atoms with Crippen molar-refractivity contribution in [2.75, 3.05) is 0 Å². The number of amides is 2. The Labute approximate surface area is 183 Å². The molecule has 0 unspecified atom stereocenters. The number of benzene rings is 2. The van der Waals surface area contributed by atoms with E-state index < -0.39 is 6.04 Å². The zero-order valence-electron chi connectivity index (χ0n) is 17.1. The summed E-state index contributed by atoms with van der Waals surface area (Å²) >= 11 is 12.5. The number of nitrogens with one attached hydrogen (secondary N) is 1. The Bertz CT molecular complexity index is 807. The molecule has 0 spiro atoms. The highest BCUT2D eigenvalue weighted by Gasteiger charge is 2.29. The van der Waals surface area contributed by atoms with Gasteiger partial charge in [-0.2, -0.15) is 0 Å². The minimum atomic E-state index is -0.571. The monoisotopic (exact) mass is 434 g/mol. The normalized spacial score (nSPS) is 12.9. The van der Waals surface area contributed by atoms with Crippen molar-refractivity contribution in [3.05, 3.63) is 69.7 Å². The minimum Gasteiger partial charge on any atom is -0.352 e. The van der Waals surface area contributed by atoms with Crippen LogP contribution in [0.2, 0.25) is 10.0 Å². The van der Waals surface area contributed by atoms with Gasteiger partial charge >= 0.3 is 0 Å². The predicted octanol–water partition coefficient (Wildman–Crippen LogP) is 5.26. The minimum absolute atomic E-state index is 0.0401. The average molecular weight is 435 g/mol. The Hall–Kier alpha value is -2.04. The van der Waals surface area contributed by atoms with Gasteiger partial charge in [0.15, 0.2) is 0 Å². The molecule has 1 N–H and O–H groups in total. The van der Waals surface area contributed by atoms with Gasteiger partial charge in [0.1, 0.15) is 6.04 Å². The van der Waals surface area contributed by atoms with E-state index in [0.717, 1.165) is 12.0 Å². The molecule has 0 saturated carbocycles. The molecule has 0 radical (unpaired) electrons. The second kappa shape index (κ2) is 11.2. The van der Waals surface area contributed by atoms with Crippen molar-refractivity contribution in [3.8, 4) is 0 Å². The van der Waals surface area contributed by atoms with E-state index in [0.29, 0.717) is 28.6 Å². The number of carbonyl (C=O) groups excluding carboxylic acids is 2. The van der Waals surface area contributed by atoms with Crippen molar-refractivity contribution in [1.82, 2.24) is 10.2 Å². The smallest absolute Gasteiger partial charge is 0.243 e. The van der Waals surface area contributed by atoms with Crippen LogP contribution in [0.25, 0.3) is 0 Å². The summed E-state index contributed by atoms with van der Waals surface area (Å²) in [4.78, 5) is 27.9. The molecule has 4 nitrogen and oxygen atoms in total. The fourth-order valence-electron chi connectivity index (χ4n) is 3.09. The highest BCUT2D eigenvalue weighted by molar-refractivity contribution is 6.36. The van der Waals surface area contributed by atoms with Crippen molar-refractivity contribution in [2.24, 2.45) is 0 Å². The summed E-state index contributed by atoms with van der Waals surface area (Å²) in [6.07, 6.45) is 1.37. The zero-order chi connectivity index (χ0) is 21.4. The number of halogens is 2. The highest BCUT2D eigenvalue weighted by Crippen LogP contribution is 2.26. The first-order valence-electron chi connectivity index (χ1n) is 9.94. The topological polar surface area (TPSA) is 49.4 Å². The maximum absolute atomic E-state index is 13.3. The van der Waals surface area contributed by atoms with Crippen LogP contribution in [0.4, 0.5) is 0 Å². The second-order valence-electron chi connectivity index (χ2n) is 7.13. The lowest BCUT2D eigenvalue weighted by molar-refractivity contribution is -0.141. The first kappa shape index (κ1) is 23.2. The summed E-state index contributed by atoms with van der Waals surface area (Å²) in [6.45, 7) is 6.22. The molecule has 0 bridgehead atoms. The van der Waals surface area contributed by atoms with Gasteiger partial charge in [0.05, 0.1) is 6.42 Å². The molecular formula is C23H28Cl2N2O2. The van der Waals surface area contributed by atoms with Gasteiger partial charge in [-0.05, 0) is 43.0 Å². The van der Waals surface area contributed by atoms with Gasteiger partial charge in [-0.1, -0.05) is 73.4 Å². The molecular weight excluding hydrogens is 407 g/mol. The zero-order valence-corrected chi connectivity index (χ0v) is 18.6. The van der Waals surface area contributed by atoms with E-state index >= 15 is 0 Å². The number of nitrogens with zero attached hydrogens (tertiary/aromatic N) is 1. The highest BCUT2D eigenvalue weighted by atomic mass is 35.5. The maximum atomic E-state index is 13.3. The third-order valence-electron chi connectivity index (χ3n) is 4.97. The molecule has 0 aliphatic heterocycles. The molecule has 0 aliphatic rings. The van der Waals surface area contributed by atoms with Gasteiger partial charge in [0.25, 0.3) is 0 Å². The molecule has 0 heterocycles. The van der Waals surface area contributed by atoms with E-state index in [-0.39, 0.29) is 24.3 Å². The Kier molecular flexibility index (Phi) is 8.99. The molecule has 6 heteroatoms. The third-order valence-corrected chi connectivity index (χ3v) is 5.68. The summed E-state index contributed by atoms with van der Waals surface area (Å²) in [5, 5.41) is 3.90. The van der Waals surface area contributed by atoms with Crippen LogP contribution in [0.5, 0.6) is 0 Å². The van der Waals surface area contributed by atoms with Crippen LogP contribution in [0, 0.1) is 0 Å². The molecule has 2 aromatic rings. The molecule has 0 aliphatic carbocycles. The van der Waals surface area contributed by atoms with Crippen molar-refractivity contribution in [3.63, 3.8) is 0 Å². The van der Waals surface area contributed by atoms with E-state index in [1.807, 2.05) is 51.1 Å². The Morgan fingerprint density at radius 2 is 1.59 bits per heavy atom. The molecule has 156 valence electrons. The van der Waals surface area contributed by atoms with Crippen LogP contribution < -0.4 is 5.32 Å². The Balaban J connectivity index is 2.32. The molecule has 0 fully saturated rings. The summed E-state index contributed by atoms with van der Waals surface area (Å²) < 4.78 is 0. The van der Waals surface area contributed by atoms with E-state index in [1.165, 1.54) is 0 Å². The number of hydrogen-bond donors (Lipinski definition) is 1. The van der Waals surface area contributed by atoms with E-state index in [9.17, 15) is 9.59 Å². The van der Waals surface area contributed by atoms with E-state index in [4.69, 9.17) is 23.2 Å². The Morgan fingerprint density at radius 1 is 0.966 bits per heavy atom. The predicted molar refractivity (Wildman–Crippen MR) is 119 cm³/mol. The Morgan fingerprint density at radius 3 is 2.14 bits per heavy atom. The molecule has 0 saturated heterocycles. The lowest BCUT2D eigenvalue weighted by Crippen LogP contribution is -2.51. The summed E-state index contributed by atoms with van der Waals surface area (Å²) in [5.74, 6) is -0.327. The van der Waals surface area contributed by atoms with Gasteiger partial charge in [-0.15, -0.1) is 0 Å². The molecule has 2 atom stereocenters. The van der Waals surface area contributed by atoms with Crippen LogP contribution in [-0.4, -0.2) is 28.8 Å².